The maximum atomic E-state index is 9.65. The predicted octanol–water partition coefficient (Wildman–Crippen LogP) is 1.45. The largest absolute Gasteiger partial charge is 0.508 e. The maximum Gasteiger partial charge on any atom is 0.256 e. The third-order valence-corrected chi connectivity index (χ3v) is 2.53. The van der Waals surface area contributed by atoms with Crippen molar-refractivity contribution in [3.63, 3.8) is 0 Å². The molecule has 0 aliphatic carbocycles. The number of nitrogens with one attached hydrogen (secondary N) is 1. The molecule has 0 aliphatic heterocycles. The van der Waals surface area contributed by atoms with Crippen LogP contribution >= 0.6 is 0 Å². The van der Waals surface area contributed by atoms with Gasteiger partial charge in [0.15, 0.2) is 0 Å². The van der Waals surface area contributed by atoms with Gasteiger partial charge in [0.25, 0.3) is 5.88 Å². The second-order valence-corrected chi connectivity index (χ2v) is 3.89. The fraction of sp³-hybridized carbons (Fsp3) is 0.250. The average Bonchev–Trinajstić information content (AvgIpc) is 2.68. The molecule has 0 fully saturated rings. The SMILES string of the molecule is COc1nn(C)cc1NCc1ccc(O)cc1O. The molecule has 0 saturated heterocycles. The summed E-state index contributed by atoms with van der Waals surface area (Å²) in [6.07, 6.45) is 1.79. The molecule has 0 saturated carbocycles. The Labute approximate surface area is 104 Å². The molecule has 2 aromatic rings. The molecule has 0 aliphatic rings. The number of aryl methyl sites for hydroxylation is 1. The summed E-state index contributed by atoms with van der Waals surface area (Å²) in [7, 11) is 3.34. The monoisotopic (exact) mass is 249 g/mol. The Morgan fingerprint density at radius 1 is 1.39 bits per heavy atom. The Morgan fingerprint density at radius 2 is 2.17 bits per heavy atom. The first-order valence-electron chi connectivity index (χ1n) is 5.42. The maximum absolute atomic E-state index is 9.65. The standard InChI is InChI=1S/C12H15N3O3/c1-15-7-10(12(14-15)18-2)13-6-8-3-4-9(16)5-11(8)17/h3-5,7,13,16-17H,6H2,1-2H3. The minimum absolute atomic E-state index is 0.0372. The van der Waals surface area contributed by atoms with Crippen LogP contribution in [0.4, 0.5) is 5.69 Å². The van der Waals surface area contributed by atoms with Crippen molar-refractivity contribution in [2.45, 2.75) is 6.54 Å². The van der Waals surface area contributed by atoms with Crippen molar-refractivity contribution in [2.24, 2.45) is 7.05 Å². The fourth-order valence-electron chi connectivity index (χ4n) is 1.63. The minimum Gasteiger partial charge on any atom is -0.508 e. The summed E-state index contributed by atoms with van der Waals surface area (Å²) in [4.78, 5) is 0. The molecular weight excluding hydrogens is 234 g/mol. The number of methoxy groups -OCH3 is 1. The molecule has 96 valence electrons. The molecule has 6 nitrogen and oxygen atoms in total. The van der Waals surface area contributed by atoms with Gasteiger partial charge in [-0.15, -0.1) is 5.10 Å². The van der Waals surface area contributed by atoms with Gasteiger partial charge in [0, 0.05) is 25.2 Å². The number of rotatable bonds is 4. The lowest BCUT2D eigenvalue weighted by Gasteiger charge is -2.07. The van der Waals surface area contributed by atoms with E-state index in [4.69, 9.17) is 4.74 Å². The van der Waals surface area contributed by atoms with Crippen LogP contribution in [0.2, 0.25) is 0 Å². The third kappa shape index (κ3) is 2.48. The first kappa shape index (κ1) is 12.1. The Kier molecular flexibility index (Phi) is 3.27. The van der Waals surface area contributed by atoms with Crippen LogP contribution in [0.3, 0.4) is 0 Å². The van der Waals surface area contributed by atoms with E-state index in [0.29, 0.717) is 18.0 Å². The van der Waals surface area contributed by atoms with Gasteiger partial charge in [0.2, 0.25) is 0 Å². The Morgan fingerprint density at radius 3 is 2.83 bits per heavy atom. The van der Waals surface area contributed by atoms with Crippen LogP contribution in [-0.4, -0.2) is 27.1 Å². The summed E-state index contributed by atoms with van der Waals surface area (Å²) in [6, 6.07) is 4.48. The topological polar surface area (TPSA) is 79.5 Å². The van der Waals surface area contributed by atoms with Gasteiger partial charge < -0.3 is 20.3 Å². The lowest BCUT2D eigenvalue weighted by molar-refractivity contribution is 0.393. The van der Waals surface area contributed by atoms with Crippen LogP contribution < -0.4 is 10.1 Å². The number of hydrogen-bond acceptors (Lipinski definition) is 5. The predicted molar refractivity (Wildman–Crippen MR) is 66.9 cm³/mol. The van der Waals surface area contributed by atoms with E-state index in [2.05, 4.69) is 10.4 Å². The molecule has 1 aromatic carbocycles. The fourth-order valence-corrected chi connectivity index (χ4v) is 1.63. The van der Waals surface area contributed by atoms with Gasteiger partial charge in [-0.3, -0.25) is 4.68 Å². The van der Waals surface area contributed by atoms with Crippen LogP contribution in [0.25, 0.3) is 0 Å². The number of nitrogens with zero attached hydrogens (tertiary/aromatic N) is 2. The zero-order valence-corrected chi connectivity index (χ0v) is 10.2. The summed E-state index contributed by atoms with van der Waals surface area (Å²) in [6.45, 7) is 0.411. The van der Waals surface area contributed by atoms with Gasteiger partial charge in [0.1, 0.15) is 17.2 Å². The molecule has 0 atom stereocenters. The first-order valence-corrected chi connectivity index (χ1v) is 5.42. The number of ether oxygens (including phenoxy) is 1. The van der Waals surface area contributed by atoms with Crippen LogP contribution in [-0.2, 0) is 13.6 Å². The normalized spacial score (nSPS) is 10.3. The van der Waals surface area contributed by atoms with E-state index in [9.17, 15) is 10.2 Å². The summed E-state index contributed by atoms with van der Waals surface area (Å²) in [5.41, 5.74) is 1.42. The van der Waals surface area contributed by atoms with Crippen molar-refractivity contribution >= 4 is 5.69 Å². The van der Waals surface area contributed by atoms with Gasteiger partial charge in [-0.1, -0.05) is 0 Å². The van der Waals surface area contributed by atoms with Gasteiger partial charge >= 0.3 is 0 Å². The van der Waals surface area contributed by atoms with E-state index in [0.717, 1.165) is 5.69 Å². The van der Waals surface area contributed by atoms with E-state index in [-0.39, 0.29) is 11.5 Å². The minimum atomic E-state index is 0.0372. The smallest absolute Gasteiger partial charge is 0.256 e. The van der Waals surface area contributed by atoms with Crippen molar-refractivity contribution in [1.29, 1.82) is 0 Å². The molecule has 0 unspecified atom stereocenters. The highest BCUT2D eigenvalue weighted by atomic mass is 16.5. The highest BCUT2D eigenvalue weighted by Gasteiger charge is 2.08. The summed E-state index contributed by atoms with van der Waals surface area (Å²) in [5.74, 6) is 0.580. The molecule has 18 heavy (non-hydrogen) atoms. The number of phenols is 2. The quantitative estimate of drug-likeness (QED) is 0.764. The van der Waals surface area contributed by atoms with Gasteiger partial charge in [-0.2, -0.15) is 0 Å². The molecule has 1 aromatic heterocycles. The van der Waals surface area contributed by atoms with E-state index < -0.39 is 0 Å². The molecule has 3 N–H and O–H groups in total. The molecule has 2 rings (SSSR count). The summed E-state index contributed by atoms with van der Waals surface area (Å²) < 4.78 is 6.74. The number of hydrogen-bond donors (Lipinski definition) is 3. The van der Waals surface area contributed by atoms with Gasteiger partial charge in [-0.05, 0) is 12.1 Å². The molecule has 0 spiro atoms. The zero-order valence-electron chi connectivity index (χ0n) is 10.2. The Hall–Kier alpha value is -2.37. The molecule has 0 radical (unpaired) electrons. The zero-order chi connectivity index (χ0) is 13.1. The van der Waals surface area contributed by atoms with Crippen molar-refractivity contribution in [2.75, 3.05) is 12.4 Å². The highest BCUT2D eigenvalue weighted by molar-refractivity contribution is 5.52. The van der Waals surface area contributed by atoms with Crippen molar-refractivity contribution < 1.29 is 14.9 Å². The molecule has 1 heterocycles. The van der Waals surface area contributed by atoms with E-state index >= 15 is 0 Å². The first-order chi connectivity index (χ1) is 8.60. The number of phenolic OH excluding ortho intramolecular Hbond substituents is 2. The Bertz CT molecular complexity index is 551. The van der Waals surface area contributed by atoms with Crippen LogP contribution in [0.5, 0.6) is 17.4 Å². The Balaban J connectivity index is 2.11. The number of aromatic nitrogens is 2. The van der Waals surface area contributed by atoms with Gasteiger partial charge in [0.05, 0.1) is 13.3 Å². The molecule has 6 heteroatoms. The third-order valence-electron chi connectivity index (χ3n) is 2.53. The lowest BCUT2D eigenvalue weighted by Crippen LogP contribution is -2.00. The van der Waals surface area contributed by atoms with Crippen LogP contribution in [0.15, 0.2) is 24.4 Å². The van der Waals surface area contributed by atoms with Gasteiger partial charge in [-0.25, -0.2) is 0 Å². The molecule has 0 bridgehead atoms. The number of anilines is 1. The summed E-state index contributed by atoms with van der Waals surface area (Å²) in [5, 5.41) is 26.1. The number of aromatic hydroxyl groups is 2. The van der Waals surface area contributed by atoms with Crippen molar-refractivity contribution in [1.82, 2.24) is 9.78 Å². The van der Waals surface area contributed by atoms with Crippen molar-refractivity contribution in [3.8, 4) is 17.4 Å². The highest BCUT2D eigenvalue weighted by Crippen LogP contribution is 2.26. The molecular formula is C12H15N3O3. The van der Waals surface area contributed by atoms with E-state index in [1.165, 1.54) is 12.1 Å². The number of benzene rings is 1. The lowest BCUT2D eigenvalue weighted by atomic mass is 10.2. The summed E-state index contributed by atoms with van der Waals surface area (Å²) >= 11 is 0. The van der Waals surface area contributed by atoms with E-state index in [1.54, 1.807) is 31.1 Å². The van der Waals surface area contributed by atoms with E-state index in [1.807, 2.05) is 0 Å². The average molecular weight is 249 g/mol. The second-order valence-electron chi connectivity index (χ2n) is 3.89. The second kappa shape index (κ2) is 4.87. The molecule has 0 amide bonds. The van der Waals surface area contributed by atoms with Crippen molar-refractivity contribution in [3.05, 3.63) is 30.0 Å². The van der Waals surface area contributed by atoms with Crippen LogP contribution in [0, 0.1) is 0 Å². The van der Waals surface area contributed by atoms with Crippen LogP contribution in [0.1, 0.15) is 5.56 Å².